The fourth-order valence-corrected chi connectivity index (χ4v) is 3.35. The van der Waals surface area contributed by atoms with Gasteiger partial charge in [0.15, 0.2) is 18.1 Å². The van der Waals surface area contributed by atoms with Crippen LogP contribution in [0.1, 0.15) is 29.6 Å². The van der Waals surface area contributed by atoms with Crippen LogP contribution >= 0.6 is 0 Å². The molecule has 156 valence electrons. The second-order valence-corrected chi connectivity index (χ2v) is 7.03. The van der Waals surface area contributed by atoms with Crippen molar-refractivity contribution in [3.05, 3.63) is 48.0 Å². The average Bonchev–Trinajstić information content (AvgIpc) is 3.04. The quantitative estimate of drug-likeness (QED) is 0.762. The van der Waals surface area contributed by atoms with E-state index in [0.29, 0.717) is 48.9 Å². The first-order valence-corrected chi connectivity index (χ1v) is 9.87. The van der Waals surface area contributed by atoms with Crippen LogP contribution in [0.4, 0.5) is 11.4 Å². The van der Waals surface area contributed by atoms with E-state index in [-0.39, 0.29) is 5.91 Å². The molecule has 0 bridgehead atoms. The molecule has 0 saturated carbocycles. The minimum absolute atomic E-state index is 0.0803. The average molecular weight is 410 g/mol. The third-order valence-corrected chi connectivity index (χ3v) is 4.85. The second-order valence-electron chi connectivity index (χ2n) is 7.03. The Kier molecular flexibility index (Phi) is 5.83. The molecule has 0 atom stereocenters. The summed E-state index contributed by atoms with van der Waals surface area (Å²) >= 11 is 0. The Bertz CT molecular complexity index is 957. The van der Waals surface area contributed by atoms with Crippen molar-refractivity contribution in [2.45, 2.75) is 19.3 Å². The molecule has 1 N–H and O–H groups in total. The molecule has 2 aromatic rings. The summed E-state index contributed by atoms with van der Waals surface area (Å²) in [6, 6.07) is 11.7. The normalized spacial score (nSPS) is 15.5. The van der Waals surface area contributed by atoms with Crippen molar-refractivity contribution in [3.63, 3.8) is 0 Å². The molecule has 30 heavy (non-hydrogen) atoms. The zero-order valence-electron chi connectivity index (χ0n) is 16.4. The van der Waals surface area contributed by atoms with Gasteiger partial charge >= 0.3 is 5.97 Å². The van der Waals surface area contributed by atoms with Gasteiger partial charge in [0.1, 0.15) is 0 Å². The zero-order valence-corrected chi connectivity index (χ0v) is 16.4. The molecule has 8 heteroatoms. The van der Waals surface area contributed by atoms with Gasteiger partial charge in [-0.15, -0.1) is 0 Å². The predicted octanol–water partition coefficient (Wildman–Crippen LogP) is 2.77. The Labute approximate surface area is 173 Å². The van der Waals surface area contributed by atoms with E-state index < -0.39 is 18.5 Å². The van der Waals surface area contributed by atoms with E-state index in [1.165, 1.54) is 0 Å². The summed E-state index contributed by atoms with van der Waals surface area (Å²) in [6.07, 6.45) is 2.17. The summed E-state index contributed by atoms with van der Waals surface area (Å²) in [5.74, 6) is 0.215. The van der Waals surface area contributed by atoms with Crippen molar-refractivity contribution in [3.8, 4) is 11.5 Å². The number of amides is 2. The van der Waals surface area contributed by atoms with Gasteiger partial charge in [-0.1, -0.05) is 0 Å². The predicted molar refractivity (Wildman–Crippen MR) is 109 cm³/mol. The maximum Gasteiger partial charge on any atom is 0.338 e. The molecule has 1 fully saturated rings. The molecule has 2 aliphatic rings. The number of benzene rings is 2. The maximum atomic E-state index is 12.2. The minimum Gasteiger partial charge on any atom is -0.490 e. The Morgan fingerprint density at radius 3 is 2.50 bits per heavy atom. The van der Waals surface area contributed by atoms with Gasteiger partial charge in [-0.05, 0) is 42.8 Å². The van der Waals surface area contributed by atoms with E-state index in [2.05, 4.69) is 5.32 Å². The topological polar surface area (TPSA) is 94.2 Å². The Balaban J connectivity index is 1.30. The van der Waals surface area contributed by atoms with E-state index in [1.807, 2.05) is 0 Å². The molecule has 2 aliphatic heterocycles. The lowest BCUT2D eigenvalue weighted by molar-refractivity contribution is -0.119. The molecule has 1 saturated heterocycles. The van der Waals surface area contributed by atoms with Gasteiger partial charge in [0.25, 0.3) is 5.91 Å². The molecule has 0 radical (unpaired) electrons. The summed E-state index contributed by atoms with van der Waals surface area (Å²) < 4.78 is 16.2. The van der Waals surface area contributed by atoms with Crippen molar-refractivity contribution in [2.75, 3.05) is 36.6 Å². The lowest BCUT2D eigenvalue weighted by atomic mass is 10.2. The Morgan fingerprint density at radius 2 is 1.77 bits per heavy atom. The second kappa shape index (κ2) is 8.86. The molecule has 8 nitrogen and oxygen atoms in total. The van der Waals surface area contributed by atoms with Gasteiger partial charge < -0.3 is 24.4 Å². The van der Waals surface area contributed by atoms with Gasteiger partial charge in [0, 0.05) is 36.8 Å². The van der Waals surface area contributed by atoms with Gasteiger partial charge in [-0.25, -0.2) is 4.79 Å². The van der Waals surface area contributed by atoms with Crippen LogP contribution in [0.25, 0.3) is 0 Å². The number of rotatable bonds is 5. The van der Waals surface area contributed by atoms with E-state index >= 15 is 0 Å². The highest BCUT2D eigenvalue weighted by molar-refractivity contribution is 5.97. The minimum atomic E-state index is -0.608. The third-order valence-electron chi connectivity index (χ3n) is 4.85. The zero-order chi connectivity index (χ0) is 20.9. The lowest BCUT2D eigenvalue weighted by Crippen LogP contribution is -2.23. The number of ether oxygens (including phenoxy) is 3. The van der Waals surface area contributed by atoms with Crippen LogP contribution in [0.3, 0.4) is 0 Å². The number of carbonyl (C=O) groups excluding carboxylic acids is 3. The van der Waals surface area contributed by atoms with Crippen LogP contribution < -0.4 is 19.7 Å². The van der Waals surface area contributed by atoms with Crippen molar-refractivity contribution < 1.29 is 28.6 Å². The van der Waals surface area contributed by atoms with E-state index in [0.717, 1.165) is 18.5 Å². The highest BCUT2D eigenvalue weighted by Crippen LogP contribution is 2.32. The molecular formula is C22H22N2O6. The van der Waals surface area contributed by atoms with Crippen LogP contribution in [0.15, 0.2) is 42.5 Å². The summed E-state index contributed by atoms with van der Waals surface area (Å²) in [5.41, 5.74) is 1.59. The number of hydrogen-bond donors (Lipinski definition) is 1. The lowest BCUT2D eigenvalue weighted by Gasteiger charge is -2.15. The summed E-state index contributed by atoms with van der Waals surface area (Å²) in [6.45, 7) is 1.40. The molecule has 4 rings (SSSR count). The Hall–Kier alpha value is -3.55. The molecule has 0 aromatic heterocycles. The fraction of sp³-hybridized carbons (Fsp3) is 0.318. The largest absolute Gasteiger partial charge is 0.490 e. The van der Waals surface area contributed by atoms with Gasteiger partial charge in [-0.3, -0.25) is 9.59 Å². The molecule has 2 amide bonds. The highest BCUT2D eigenvalue weighted by atomic mass is 16.5. The number of hydrogen-bond acceptors (Lipinski definition) is 6. The van der Waals surface area contributed by atoms with Crippen molar-refractivity contribution in [1.82, 2.24) is 0 Å². The van der Waals surface area contributed by atoms with Crippen LogP contribution in [0.5, 0.6) is 11.5 Å². The molecule has 0 aliphatic carbocycles. The van der Waals surface area contributed by atoms with E-state index in [9.17, 15) is 14.4 Å². The molecule has 0 spiro atoms. The third kappa shape index (κ3) is 4.53. The van der Waals surface area contributed by atoms with E-state index in [4.69, 9.17) is 14.2 Å². The number of nitrogens with one attached hydrogen (secondary N) is 1. The standard InChI is InChI=1S/C22H22N2O6/c25-20(23-16-6-9-18-19(13-16)29-12-2-11-28-18)14-30-22(27)15-4-7-17(8-5-15)24-10-1-3-21(24)26/h4-9,13H,1-3,10-12,14H2,(H,23,25). The first kappa shape index (κ1) is 19.8. The number of nitrogens with zero attached hydrogens (tertiary/aromatic N) is 1. The van der Waals surface area contributed by atoms with Crippen molar-refractivity contribution >= 4 is 29.2 Å². The van der Waals surface area contributed by atoms with Crippen molar-refractivity contribution in [2.24, 2.45) is 0 Å². The van der Waals surface area contributed by atoms with E-state index in [1.54, 1.807) is 47.4 Å². The van der Waals surface area contributed by atoms with Crippen molar-refractivity contribution in [1.29, 1.82) is 0 Å². The number of esters is 1. The van der Waals surface area contributed by atoms with Crippen LogP contribution in [-0.2, 0) is 14.3 Å². The maximum absolute atomic E-state index is 12.2. The first-order chi connectivity index (χ1) is 14.6. The summed E-state index contributed by atoms with van der Waals surface area (Å²) in [7, 11) is 0. The molecule has 0 unspecified atom stereocenters. The van der Waals surface area contributed by atoms with Crippen LogP contribution in [0, 0.1) is 0 Å². The highest BCUT2D eigenvalue weighted by Gasteiger charge is 2.22. The monoisotopic (exact) mass is 410 g/mol. The summed E-state index contributed by atoms with van der Waals surface area (Å²) in [4.78, 5) is 37.8. The van der Waals surface area contributed by atoms with Gasteiger partial charge in [0.05, 0.1) is 18.8 Å². The number of fused-ring (bicyclic) bond motifs is 1. The van der Waals surface area contributed by atoms with Gasteiger partial charge in [-0.2, -0.15) is 0 Å². The van der Waals surface area contributed by atoms with Gasteiger partial charge in [0.2, 0.25) is 5.91 Å². The Morgan fingerprint density at radius 1 is 1.00 bits per heavy atom. The van der Waals surface area contributed by atoms with Crippen LogP contribution in [0.2, 0.25) is 0 Å². The smallest absolute Gasteiger partial charge is 0.338 e. The summed E-state index contributed by atoms with van der Waals surface area (Å²) in [5, 5.41) is 2.67. The fourth-order valence-electron chi connectivity index (χ4n) is 3.35. The van der Waals surface area contributed by atoms with Crippen LogP contribution in [-0.4, -0.2) is 44.1 Å². The molecular weight excluding hydrogens is 388 g/mol. The molecule has 2 aromatic carbocycles. The first-order valence-electron chi connectivity index (χ1n) is 9.87. The number of carbonyl (C=O) groups is 3. The molecule has 2 heterocycles. The SMILES string of the molecule is O=C(COC(=O)c1ccc(N2CCCC2=O)cc1)Nc1ccc2c(c1)OCCCO2. The number of anilines is 2.